The first-order valence-electron chi connectivity index (χ1n) is 8.12. The minimum absolute atomic E-state index is 1.03. The van der Waals surface area contributed by atoms with Crippen LogP contribution >= 0.6 is 11.5 Å². The highest BCUT2D eigenvalue weighted by atomic mass is 32.1. The molecule has 2 aromatic carbocycles. The lowest BCUT2D eigenvalue weighted by molar-refractivity contribution is -0.509. The van der Waals surface area contributed by atoms with Crippen molar-refractivity contribution in [3.8, 4) is 17.1 Å². The summed E-state index contributed by atoms with van der Waals surface area (Å²) < 4.78 is 2.25. The van der Waals surface area contributed by atoms with Crippen LogP contribution in [-0.4, -0.2) is 18.1 Å². The molecular weight excluding hydrogens is 302 g/mol. The molecule has 3 nitrogen and oxygen atoms in total. The fourth-order valence-electron chi connectivity index (χ4n) is 2.94. The van der Waals surface area contributed by atoms with E-state index in [1.54, 1.807) is 11.5 Å². The van der Waals surface area contributed by atoms with Gasteiger partial charge in [-0.25, -0.2) is 0 Å². The van der Waals surface area contributed by atoms with Crippen LogP contribution in [0.25, 0.3) is 17.1 Å². The summed E-state index contributed by atoms with van der Waals surface area (Å²) >= 11 is 1.74. The minimum atomic E-state index is 1.03. The predicted octanol–water partition coefficient (Wildman–Crippen LogP) is 4.00. The zero-order chi connectivity index (χ0) is 15.6. The molecule has 0 saturated carbocycles. The molecule has 23 heavy (non-hydrogen) atoms. The number of hydrogen-bond donors (Lipinski definition) is 0. The van der Waals surface area contributed by atoms with Crippen LogP contribution in [0, 0.1) is 6.92 Å². The largest absolute Gasteiger partial charge is 0.350 e. The SMILES string of the molecule is Cc1ccc(-c2nc(N3CCCC3)s[n+]2-c2ccccc2)cc1. The van der Waals surface area contributed by atoms with Gasteiger partial charge in [-0.3, -0.25) is 0 Å². The first-order valence-corrected chi connectivity index (χ1v) is 8.89. The second kappa shape index (κ2) is 6.13. The zero-order valence-corrected chi connectivity index (χ0v) is 14.1. The van der Waals surface area contributed by atoms with Gasteiger partial charge in [0.05, 0.1) is 5.56 Å². The van der Waals surface area contributed by atoms with E-state index < -0.39 is 0 Å². The second-order valence-corrected chi connectivity index (χ2v) is 6.91. The summed E-state index contributed by atoms with van der Waals surface area (Å²) in [6.07, 6.45) is 2.54. The van der Waals surface area contributed by atoms with Gasteiger partial charge in [0, 0.05) is 13.1 Å². The maximum absolute atomic E-state index is 4.98. The first kappa shape index (κ1) is 14.4. The smallest absolute Gasteiger partial charge is 0.324 e. The van der Waals surface area contributed by atoms with Crippen LogP contribution < -0.4 is 8.86 Å². The van der Waals surface area contributed by atoms with Crippen molar-refractivity contribution >= 4 is 16.7 Å². The van der Waals surface area contributed by atoms with Crippen LogP contribution in [0.2, 0.25) is 0 Å². The molecule has 4 heteroatoms. The van der Waals surface area contributed by atoms with Crippen molar-refractivity contribution in [2.45, 2.75) is 19.8 Å². The highest BCUT2D eigenvalue weighted by Gasteiger charge is 2.28. The number of nitrogens with zero attached hydrogens (tertiary/aromatic N) is 3. The lowest BCUT2D eigenvalue weighted by Crippen LogP contribution is -2.28. The highest BCUT2D eigenvalue weighted by molar-refractivity contribution is 7.06. The van der Waals surface area contributed by atoms with Crippen molar-refractivity contribution in [2.75, 3.05) is 18.0 Å². The minimum Gasteiger partial charge on any atom is -0.324 e. The molecule has 0 aliphatic carbocycles. The van der Waals surface area contributed by atoms with E-state index in [4.69, 9.17) is 4.98 Å². The van der Waals surface area contributed by atoms with Gasteiger partial charge in [-0.1, -0.05) is 35.9 Å². The molecule has 0 N–H and O–H groups in total. The molecule has 0 atom stereocenters. The number of aromatic nitrogens is 2. The first-order chi connectivity index (χ1) is 11.3. The third-order valence-corrected chi connectivity index (χ3v) is 5.32. The third-order valence-electron chi connectivity index (χ3n) is 4.24. The van der Waals surface area contributed by atoms with Crippen molar-refractivity contribution in [3.05, 3.63) is 60.2 Å². The molecule has 116 valence electrons. The Morgan fingerprint density at radius 2 is 1.65 bits per heavy atom. The van der Waals surface area contributed by atoms with Gasteiger partial charge in [0.15, 0.2) is 0 Å². The van der Waals surface area contributed by atoms with Crippen LogP contribution in [-0.2, 0) is 0 Å². The lowest BCUT2D eigenvalue weighted by atomic mass is 10.1. The maximum Gasteiger partial charge on any atom is 0.350 e. The van der Waals surface area contributed by atoms with Crippen LogP contribution in [0.3, 0.4) is 0 Å². The Morgan fingerprint density at radius 1 is 0.957 bits per heavy atom. The number of para-hydroxylation sites is 1. The van der Waals surface area contributed by atoms with Crippen LogP contribution in [0.1, 0.15) is 18.4 Å². The van der Waals surface area contributed by atoms with E-state index in [1.807, 2.05) is 0 Å². The van der Waals surface area contributed by atoms with Gasteiger partial charge in [0.25, 0.3) is 0 Å². The summed E-state index contributed by atoms with van der Waals surface area (Å²) in [4.78, 5) is 7.38. The molecule has 1 aromatic heterocycles. The van der Waals surface area contributed by atoms with Crippen molar-refractivity contribution in [3.63, 3.8) is 0 Å². The van der Waals surface area contributed by atoms with Crippen molar-refractivity contribution < 1.29 is 3.96 Å². The Kier molecular flexibility index (Phi) is 3.83. The van der Waals surface area contributed by atoms with Gasteiger partial charge in [0.2, 0.25) is 0 Å². The zero-order valence-electron chi connectivity index (χ0n) is 13.3. The van der Waals surface area contributed by atoms with E-state index in [0.717, 1.165) is 24.0 Å². The maximum atomic E-state index is 4.98. The van der Waals surface area contributed by atoms with Gasteiger partial charge in [-0.2, -0.15) is 0 Å². The Labute approximate surface area is 141 Å². The lowest BCUT2D eigenvalue weighted by Gasteiger charge is -2.06. The molecule has 1 fully saturated rings. The van der Waals surface area contributed by atoms with Crippen molar-refractivity contribution in [1.82, 2.24) is 4.98 Å². The van der Waals surface area contributed by atoms with Gasteiger partial charge >= 0.3 is 11.0 Å². The molecular formula is C19H20N3S+. The molecule has 1 aliphatic heterocycles. The van der Waals surface area contributed by atoms with Gasteiger partial charge in [0.1, 0.15) is 17.2 Å². The predicted molar refractivity (Wildman–Crippen MR) is 95.3 cm³/mol. The summed E-state index contributed by atoms with van der Waals surface area (Å²) in [6.45, 7) is 4.36. The molecule has 0 unspecified atom stereocenters. The molecule has 3 aromatic rings. The van der Waals surface area contributed by atoms with Crippen LogP contribution in [0.5, 0.6) is 0 Å². The van der Waals surface area contributed by atoms with Crippen molar-refractivity contribution in [1.29, 1.82) is 0 Å². The van der Waals surface area contributed by atoms with E-state index in [0.29, 0.717) is 0 Å². The highest BCUT2D eigenvalue weighted by Crippen LogP contribution is 2.27. The Morgan fingerprint density at radius 3 is 2.35 bits per heavy atom. The Hall–Kier alpha value is -2.20. The fourth-order valence-corrected chi connectivity index (χ4v) is 3.99. The average Bonchev–Trinajstić information content (AvgIpc) is 3.26. The van der Waals surface area contributed by atoms with Gasteiger partial charge in [-0.15, -0.1) is 3.96 Å². The van der Waals surface area contributed by atoms with Crippen LogP contribution in [0.15, 0.2) is 54.6 Å². The molecule has 0 amide bonds. The number of hydrogen-bond acceptors (Lipinski definition) is 3. The van der Waals surface area contributed by atoms with Gasteiger partial charge < -0.3 is 4.90 Å². The summed E-state index contributed by atoms with van der Waals surface area (Å²) in [6, 6.07) is 19.1. The van der Waals surface area contributed by atoms with Crippen LogP contribution in [0.4, 0.5) is 5.13 Å². The Balaban J connectivity index is 1.83. The number of rotatable bonds is 3. The standard InChI is InChI=1S/C19H20N3S/c1-15-9-11-16(12-10-15)18-20-19(21-13-5-6-14-21)23-22(18)17-7-3-2-4-8-17/h2-4,7-12H,5-6,13-14H2,1H3/q+1. The topological polar surface area (TPSA) is 20.0 Å². The van der Waals surface area contributed by atoms with Crippen molar-refractivity contribution in [2.24, 2.45) is 0 Å². The summed E-state index contributed by atoms with van der Waals surface area (Å²) in [5.41, 5.74) is 3.61. The molecule has 0 bridgehead atoms. The third kappa shape index (κ3) is 2.86. The number of anilines is 1. The average molecular weight is 322 g/mol. The second-order valence-electron chi connectivity index (χ2n) is 6.00. The molecule has 0 spiro atoms. The van der Waals surface area contributed by atoms with E-state index in [1.165, 1.54) is 29.7 Å². The quantitative estimate of drug-likeness (QED) is 0.679. The summed E-state index contributed by atoms with van der Waals surface area (Å²) in [7, 11) is 0. The number of benzene rings is 2. The summed E-state index contributed by atoms with van der Waals surface area (Å²) in [5, 5.41) is 1.13. The summed E-state index contributed by atoms with van der Waals surface area (Å²) in [5.74, 6) is 1.03. The monoisotopic (exact) mass is 322 g/mol. The number of aryl methyl sites for hydroxylation is 1. The molecule has 2 heterocycles. The Bertz CT molecular complexity index is 787. The van der Waals surface area contributed by atoms with Gasteiger partial charge in [-0.05, 0) is 49.0 Å². The molecule has 0 radical (unpaired) electrons. The van der Waals surface area contributed by atoms with E-state index >= 15 is 0 Å². The normalized spacial score (nSPS) is 14.4. The molecule has 1 aliphatic rings. The molecule has 4 rings (SSSR count). The van der Waals surface area contributed by atoms with E-state index in [-0.39, 0.29) is 0 Å². The fraction of sp³-hybridized carbons (Fsp3) is 0.263. The van der Waals surface area contributed by atoms with E-state index in [9.17, 15) is 0 Å². The molecule has 1 saturated heterocycles. The van der Waals surface area contributed by atoms with E-state index in [2.05, 4.69) is 70.4 Å².